The summed E-state index contributed by atoms with van der Waals surface area (Å²) in [6, 6.07) is 0. The quantitative estimate of drug-likeness (QED) is 0.505. The number of ketones is 1. The summed E-state index contributed by atoms with van der Waals surface area (Å²) in [7, 11) is 1.46. The van der Waals surface area contributed by atoms with E-state index in [4.69, 9.17) is 0 Å². The molecule has 5 heteroatoms. The van der Waals surface area contributed by atoms with Gasteiger partial charge < -0.3 is 9.69 Å². The van der Waals surface area contributed by atoms with Crippen LogP contribution in [0.5, 0.6) is 0 Å². The zero-order valence-corrected chi connectivity index (χ0v) is 9.54. The second-order valence-electron chi connectivity index (χ2n) is 2.80. The molecule has 0 N–H and O–H groups in total. The maximum Gasteiger partial charge on any atom is 0.244 e. The number of amides is 1. The van der Waals surface area contributed by atoms with Gasteiger partial charge in [-0.25, -0.2) is 0 Å². The van der Waals surface area contributed by atoms with Crippen LogP contribution >= 0.6 is 11.8 Å². The molecule has 0 aliphatic carbocycles. The Kier molecular flexibility index (Phi) is 5.62. The first-order chi connectivity index (χ1) is 6.95. The van der Waals surface area contributed by atoms with Gasteiger partial charge in [-0.2, -0.15) is 0 Å². The summed E-state index contributed by atoms with van der Waals surface area (Å²) in [5.41, 5.74) is 0. The van der Waals surface area contributed by atoms with Crippen LogP contribution in [0.4, 0.5) is 0 Å². The van der Waals surface area contributed by atoms with E-state index in [-0.39, 0.29) is 0 Å². The molecule has 0 aliphatic rings. The highest BCUT2D eigenvalue weighted by atomic mass is 32.2. The molecule has 0 aromatic rings. The van der Waals surface area contributed by atoms with Crippen LogP contribution < -0.4 is 0 Å². The monoisotopic (exact) mass is 227 g/mol. The molecule has 15 heavy (non-hydrogen) atoms. The smallest absolute Gasteiger partial charge is 0.244 e. The van der Waals surface area contributed by atoms with Crippen LogP contribution in [0.1, 0.15) is 6.92 Å². The van der Waals surface area contributed by atoms with E-state index >= 15 is 0 Å². The number of hydrogen-bond donors (Lipinski definition) is 0. The number of aldehydes is 1. The van der Waals surface area contributed by atoms with Crippen LogP contribution in [0.2, 0.25) is 0 Å². The van der Waals surface area contributed by atoms with Crippen LogP contribution in [0.3, 0.4) is 0 Å². The molecule has 4 nitrogen and oxygen atoms in total. The minimum absolute atomic E-state index is 0.340. The molecule has 0 aliphatic heterocycles. The van der Waals surface area contributed by atoms with E-state index in [1.165, 1.54) is 24.3 Å². The molecule has 0 aromatic carbocycles. The Balaban J connectivity index is 4.68. The average molecular weight is 227 g/mol. The van der Waals surface area contributed by atoms with Crippen molar-refractivity contribution >= 4 is 29.7 Å². The Labute approximate surface area is 93.0 Å². The lowest BCUT2D eigenvalue weighted by atomic mass is 10.1. The molecule has 1 unspecified atom stereocenters. The first-order valence-corrected chi connectivity index (χ1v) is 5.03. The molecule has 0 heterocycles. The molecule has 0 radical (unpaired) electrons. The highest BCUT2D eigenvalue weighted by Crippen LogP contribution is 2.18. The molecule has 1 atom stereocenters. The number of carbonyl (C=O) groups is 3. The second-order valence-corrected chi connectivity index (χ2v) is 3.84. The summed E-state index contributed by atoms with van der Waals surface area (Å²) in [5.74, 6) is -2.28. The molecule has 0 saturated carbocycles. The fraction of sp³-hybridized carbons (Fsp3) is 0.300. The molecule has 0 rings (SSSR count). The van der Waals surface area contributed by atoms with Gasteiger partial charge in [0.15, 0.2) is 5.92 Å². The molecule has 0 spiro atoms. The molecule has 0 aromatic heterocycles. The lowest BCUT2D eigenvalue weighted by Crippen LogP contribution is -2.35. The van der Waals surface area contributed by atoms with Gasteiger partial charge in [0, 0.05) is 7.05 Å². The lowest BCUT2D eigenvalue weighted by Gasteiger charge is -2.19. The number of hydrogen-bond acceptors (Lipinski definition) is 4. The first kappa shape index (κ1) is 13.6. The van der Waals surface area contributed by atoms with Crippen LogP contribution in [0, 0.1) is 5.92 Å². The zero-order valence-electron chi connectivity index (χ0n) is 8.73. The van der Waals surface area contributed by atoms with Crippen LogP contribution in [0.15, 0.2) is 23.6 Å². The third-order valence-electron chi connectivity index (χ3n) is 1.76. The van der Waals surface area contributed by atoms with Crippen molar-refractivity contribution in [3.05, 3.63) is 23.6 Å². The number of thioether (sulfide) groups is 1. The molecule has 0 bridgehead atoms. The highest BCUT2D eigenvalue weighted by molar-refractivity contribution is 8.05. The van der Waals surface area contributed by atoms with Crippen molar-refractivity contribution in [1.82, 2.24) is 4.90 Å². The van der Waals surface area contributed by atoms with Crippen molar-refractivity contribution in [1.29, 1.82) is 0 Å². The molecule has 82 valence electrons. The van der Waals surface area contributed by atoms with Crippen molar-refractivity contribution in [2.24, 2.45) is 5.92 Å². The first-order valence-electron chi connectivity index (χ1n) is 4.15. The predicted octanol–water partition coefficient (Wildman–Crippen LogP) is 1.20. The summed E-state index contributed by atoms with van der Waals surface area (Å²) in [6.45, 7) is 8.28. The second kappa shape index (κ2) is 6.19. The number of rotatable bonds is 6. The van der Waals surface area contributed by atoms with Crippen LogP contribution in [0.25, 0.3) is 0 Å². The van der Waals surface area contributed by atoms with Crippen LogP contribution in [-0.2, 0) is 14.4 Å². The fourth-order valence-electron chi connectivity index (χ4n) is 0.835. The molecule has 0 saturated heterocycles. The van der Waals surface area contributed by atoms with Crippen molar-refractivity contribution in [3.8, 4) is 0 Å². The van der Waals surface area contributed by atoms with Gasteiger partial charge in [0.1, 0.15) is 12.1 Å². The maximum absolute atomic E-state index is 11.6. The van der Waals surface area contributed by atoms with Crippen molar-refractivity contribution in [3.63, 3.8) is 0 Å². The van der Waals surface area contributed by atoms with E-state index in [0.717, 1.165) is 11.8 Å². The number of Topliss-reactive ketones (excluding diaryl/α,β-unsaturated/α-hetero) is 1. The van der Waals surface area contributed by atoms with E-state index < -0.39 is 17.6 Å². The Morgan fingerprint density at radius 3 is 2.33 bits per heavy atom. The standard InChI is InChI=1S/C10H13NO3S/c1-5-15-8(3)11(4)10(14)9(6-12)7(2)13/h5-6,9H,1,3H2,2,4H3. The van der Waals surface area contributed by atoms with Crippen molar-refractivity contribution in [2.75, 3.05) is 7.05 Å². The average Bonchev–Trinajstić information content (AvgIpc) is 2.17. The van der Waals surface area contributed by atoms with Gasteiger partial charge in [0.25, 0.3) is 0 Å². The van der Waals surface area contributed by atoms with Gasteiger partial charge >= 0.3 is 0 Å². The Morgan fingerprint density at radius 1 is 1.47 bits per heavy atom. The predicted molar refractivity (Wildman–Crippen MR) is 59.9 cm³/mol. The Morgan fingerprint density at radius 2 is 2.00 bits per heavy atom. The van der Waals surface area contributed by atoms with Gasteiger partial charge in [-0.15, -0.1) is 0 Å². The number of nitrogens with zero attached hydrogens (tertiary/aromatic N) is 1. The van der Waals surface area contributed by atoms with Crippen molar-refractivity contribution in [2.45, 2.75) is 6.92 Å². The van der Waals surface area contributed by atoms with Gasteiger partial charge in [0.2, 0.25) is 5.91 Å². The topological polar surface area (TPSA) is 54.5 Å². The van der Waals surface area contributed by atoms with Crippen molar-refractivity contribution < 1.29 is 14.4 Å². The van der Waals surface area contributed by atoms with Crippen LogP contribution in [-0.4, -0.2) is 29.9 Å². The third-order valence-corrected chi connectivity index (χ3v) is 2.48. The Hall–Kier alpha value is -1.36. The summed E-state index contributed by atoms with van der Waals surface area (Å²) in [4.78, 5) is 34.3. The molecular weight excluding hydrogens is 214 g/mol. The molecule has 0 fully saturated rings. The Bertz CT molecular complexity index is 312. The fourth-order valence-corrected chi connectivity index (χ4v) is 1.28. The maximum atomic E-state index is 11.6. The van der Waals surface area contributed by atoms with Gasteiger partial charge in [-0.1, -0.05) is 24.9 Å². The minimum atomic E-state index is -1.24. The van der Waals surface area contributed by atoms with E-state index in [1.54, 1.807) is 0 Å². The van der Waals surface area contributed by atoms with E-state index in [2.05, 4.69) is 13.2 Å². The van der Waals surface area contributed by atoms with Gasteiger partial charge in [0.05, 0.1) is 5.03 Å². The lowest BCUT2D eigenvalue weighted by molar-refractivity contribution is -0.140. The summed E-state index contributed by atoms with van der Waals surface area (Å²) >= 11 is 1.15. The SMILES string of the molecule is C=CSC(=C)N(C)C(=O)C(C=O)C(C)=O. The molecular formula is C10H13NO3S. The van der Waals surface area contributed by atoms with E-state index in [0.29, 0.717) is 11.3 Å². The van der Waals surface area contributed by atoms with Gasteiger partial charge in [-0.05, 0) is 12.3 Å². The summed E-state index contributed by atoms with van der Waals surface area (Å²) in [5, 5.41) is 1.93. The van der Waals surface area contributed by atoms with E-state index in [9.17, 15) is 14.4 Å². The normalized spacial score (nSPS) is 11.3. The minimum Gasteiger partial charge on any atom is -0.309 e. The largest absolute Gasteiger partial charge is 0.309 e. The third kappa shape index (κ3) is 3.71. The molecule has 1 amide bonds. The summed E-state index contributed by atoms with van der Waals surface area (Å²) in [6.07, 6.45) is 0.340. The number of carbonyl (C=O) groups excluding carboxylic acids is 3. The highest BCUT2D eigenvalue weighted by Gasteiger charge is 2.26. The summed E-state index contributed by atoms with van der Waals surface area (Å²) < 4.78 is 0. The zero-order chi connectivity index (χ0) is 12.0. The van der Waals surface area contributed by atoms with Gasteiger partial charge in [-0.3, -0.25) is 9.59 Å². The van der Waals surface area contributed by atoms with E-state index in [1.807, 2.05) is 0 Å².